The summed E-state index contributed by atoms with van der Waals surface area (Å²) in [5, 5.41) is 10.4. The van der Waals surface area contributed by atoms with Crippen molar-refractivity contribution in [3.05, 3.63) is 29.8 Å². The number of hydrogen-bond donors (Lipinski definition) is 2. The van der Waals surface area contributed by atoms with Crippen LogP contribution in [0.1, 0.15) is 12.0 Å². The van der Waals surface area contributed by atoms with E-state index in [1.807, 2.05) is 6.07 Å². The molecule has 6 heteroatoms. The van der Waals surface area contributed by atoms with Crippen molar-refractivity contribution in [2.24, 2.45) is 0 Å². The molecule has 88 valence electrons. The van der Waals surface area contributed by atoms with E-state index in [-0.39, 0.29) is 6.54 Å². The molecule has 2 N–H and O–H groups in total. The van der Waals surface area contributed by atoms with Crippen LogP contribution in [0.5, 0.6) is 5.75 Å². The second kappa shape index (κ2) is 4.50. The van der Waals surface area contributed by atoms with Crippen LogP contribution >= 0.6 is 0 Å². The van der Waals surface area contributed by atoms with E-state index in [9.17, 15) is 13.9 Å². The van der Waals surface area contributed by atoms with Crippen molar-refractivity contribution in [1.82, 2.24) is 4.72 Å². The Labute approximate surface area is 95.9 Å². The summed E-state index contributed by atoms with van der Waals surface area (Å²) in [5.41, 5.74) is -0.561. The molecule has 1 aliphatic heterocycles. The van der Waals surface area contributed by atoms with E-state index in [4.69, 9.17) is 4.74 Å². The Morgan fingerprint density at radius 2 is 2.31 bits per heavy atom. The Hall–Kier alpha value is -0.950. The van der Waals surface area contributed by atoms with Gasteiger partial charge in [-0.15, -0.1) is 0 Å². The van der Waals surface area contributed by atoms with Crippen LogP contribution in [0.2, 0.25) is 0 Å². The monoisotopic (exact) mass is 242 g/mol. The van der Waals surface area contributed by atoms with Crippen molar-refractivity contribution in [3.63, 3.8) is 0 Å². The highest BCUT2D eigenvalue weighted by atomic mass is 32.2. The van der Waals surface area contributed by atoms with Gasteiger partial charge in [0.25, 0.3) is 0 Å². The van der Waals surface area contributed by atoms with E-state index in [0.717, 1.165) is 0 Å². The average molecular weight is 242 g/mol. The molecule has 0 bridgehead atoms. The van der Waals surface area contributed by atoms with E-state index < -0.39 is 16.9 Å². The first-order valence-corrected chi connectivity index (χ1v) is 5.97. The Bertz CT molecular complexity index is 412. The third-order valence-corrected chi connectivity index (χ3v) is 3.02. The van der Waals surface area contributed by atoms with Crippen LogP contribution in [0.15, 0.2) is 24.3 Å². The summed E-state index contributed by atoms with van der Waals surface area (Å²) in [6.07, 6.45) is 0.369. The van der Waals surface area contributed by atoms with Gasteiger partial charge in [-0.25, -0.2) is 4.72 Å². The highest BCUT2D eigenvalue weighted by Crippen LogP contribution is 2.36. The maximum absolute atomic E-state index is 10.4. The summed E-state index contributed by atoms with van der Waals surface area (Å²) in [6, 6.07) is 7.09. The highest BCUT2D eigenvalue weighted by Gasteiger charge is 2.35. The molecule has 2 rings (SSSR count). The molecule has 5 nitrogen and oxygen atoms in total. The van der Waals surface area contributed by atoms with E-state index in [0.29, 0.717) is 24.3 Å². The van der Waals surface area contributed by atoms with Gasteiger partial charge in [-0.2, -0.15) is 0 Å². The molecule has 2 unspecified atom stereocenters. The third kappa shape index (κ3) is 2.25. The topological polar surface area (TPSA) is 81.6 Å². The predicted octanol–water partition coefficient (Wildman–Crippen LogP) is 0.0404. The highest BCUT2D eigenvalue weighted by molar-refractivity contribution is 7.77. The van der Waals surface area contributed by atoms with Crippen LogP contribution in [0.25, 0.3) is 0 Å². The van der Waals surface area contributed by atoms with Crippen LogP contribution < -0.4 is 9.46 Å². The summed E-state index contributed by atoms with van der Waals surface area (Å²) in [6.45, 7) is 0.337. The lowest BCUT2D eigenvalue weighted by Gasteiger charge is -2.34. The van der Waals surface area contributed by atoms with Crippen molar-refractivity contribution in [3.8, 4) is 5.75 Å². The fraction of sp³-hybridized carbons (Fsp3) is 0.400. The van der Waals surface area contributed by atoms with Crippen molar-refractivity contribution in [2.75, 3.05) is 13.2 Å². The zero-order valence-corrected chi connectivity index (χ0v) is 9.33. The Morgan fingerprint density at radius 3 is 3.06 bits per heavy atom. The number of rotatable bonds is 3. The largest absolute Gasteiger partial charge is 0.760 e. The lowest BCUT2D eigenvalue weighted by molar-refractivity contribution is 0.00210. The molecule has 2 atom stereocenters. The molecule has 0 radical (unpaired) electrons. The minimum Gasteiger partial charge on any atom is -0.760 e. The van der Waals surface area contributed by atoms with Crippen LogP contribution in [0.4, 0.5) is 0 Å². The smallest absolute Gasteiger partial charge is 0.125 e. The number of hydrogen-bond acceptors (Lipinski definition) is 4. The summed E-state index contributed by atoms with van der Waals surface area (Å²) in [4.78, 5) is 0. The van der Waals surface area contributed by atoms with E-state index >= 15 is 0 Å². The molecule has 0 amide bonds. The van der Waals surface area contributed by atoms with Gasteiger partial charge in [-0.05, 0) is 6.07 Å². The second-order valence-electron chi connectivity index (χ2n) is 3.68. The molecule has 1 aromatic carbocycles. The van der Waals surface area contributed by atoms with Crippen LogP contribution in [0, 0.1) is 0 Å². The first-order valence-electron chi connectivity index (χ1n) is 4.89. The fourth-order valence-corrected chi connectivity index (χ4v) is 2.16. The van der Waals surface area contributed by atoms with Gasteiger partial charge in [-0.3, -0.25) is 4.21 Å². The first kappa shape index (κ1) is 11.5. The van der Waals surface area contributed by atoms with Crippen LogP contribution in [-0.2, 0) is 16.9 Å². The zero-order chi connectivity index (χ0) is 11.6. The molecule has 1 aromatic rings. The van der Waals surface area contributed by atoms with Gasteiger partial charge in [0, 0.05) is 29.8 Å². The lowest BCUT2D eigenvalue weighted by Crippen LogP contribution is -2.42. The van der Waals surface area contributed by atoms with Gasteiger partial charge in [0.05, 0.1) is 6.61 Å². The van der Waals surface area contributed by atoms with Crippen molar-refractivity contribution in [2.45, 2.75) is 12.0 Å². The molecule has 0 fully saturated rings. The normalized spacial score (nSPS) is 25.6. The number of nitrogens with one attached hydrogen (secondary N) is 1. The van der Waals surface area contributed by atoms with E-state index in [1.165, 1.54) is 0 Å². The molecule has 0 saturated carbocycles. The van der Waals surface area contributed by atoms with Crippen molar-refractivity contribution in [1.29, 1.82) is 0 Å². The number of para-hydroxylation sites is 1. The minimum atomic E-state index is -2.37. The van der Waals surface area contributed by atoms with E-state index in [1.54, 1.807) is 18.2 Å². The minimum absolute atomic E-state index is 0.0382. The summed E-state index contributed by atoms with van der Waals surface area (Å²) in [5.74, 6) is 0.606. The fourth-order valence-electron chi connectivity index (χ4n) is 1.80. The molecule has 16 heavy (non-hydrogen) atoms. The summed E-state index contributed by atoms with van der Waals surface area (Å²) < 4.78 is 28.5. The van der Waals surface area contributed by atoms with Crippen LogP contribution in [-0.4, -0.2) is 27.0 Å². The van der Waals surface area contributed by atoms with Crippen molar-refractivity contribution < 1.29 is 18.6 Å². The molecule has 0 aromatic heterocycles. The number of ether oxygens (including phenoxy) is 1. The Balaban J connectivity index is 2.25. The third-order valence-electron chi connectivity index (χ3n) is 2.64. The molecule has 1 aliphatic rings. The number of aliphatic hydroxyl groups is 1. The molecule has 0 spiro atoms. The Kier molecular flexibility index (Phi) is 3.25. The van der Waals surface area contributed by atoms with E-state index in [2.05, 4.69) is 4.72 Å². The van der Waals surface area contributed by atoms with Crippen LogP contribution in [0.3, 0.4) is 0 Å². The maximum Gasteiger partial charge on any atom is 0.125 e. The summed E-state index contributed by atoms with van der Waals surface area (Å²) in [7, 11) is 0. The second-order valence-corrected chi connectivity index (χ2v) is 4.44. The van der Waals surface area contributed by atoms with Gasteiger partial charge in [0.15, 0.2) is 0 Å². The lowest BCUT2D eigenvalue weighted by atomic mass is 9.88. The van der Waals surface area contributed by atoms with Gasteiger partial charge >= 0.3 is 0 Å². The molecule has 0 saturated heterocycles. The number of benzene rings is 1. The van der Waals surface area contributed by atoms with Gasteiger partial charge in [-0.1, -0.05) is 18.2 Å². The maximum atomic E-state index is 10.4. The van der Waals surface area contributed by atoms with Crippen molar-refractivity contribution >= 4 is 11.3 Å². The first-order chi connectivity index (χ1) is 7.62. The van der Waals surface area contributed by atoms with Gasteiger partial charge in [0.2, 0.25) is 0 Å². The molecule has 0 aliphatic carbocycles. The molecular formula is C10H12NO4S-. The standard InChI is InChI=1S/C10H13NO4S/c12-10(7-11-16(13)14)5-6-15-9-4-2-1-3-8(9)10/h1-4,11-12H,5-7H2,(H,13,14)/p-1. The van der Waals surface area contributed by atoms with Gasteiger partial charge in [0.1, 0.15) is 11.4 Å². The summed E-state index contributed by atoms with van der Waals surface area (Å²) >= 11 is -2.37. The zero-order valence-electron chi connectivity index (χ0n) is 8.51. The SMILES string of the molecule is O=S([O-])NCC1(O)CCOc2ccccc21. The quantitative estimate of drug-likeness (QED) is 0.733. The predicted molar refractivity (Wildman–Crippen MR) is 57.4 cm³/mol. The molecular weight excluding hydrogens is 230 g/mol. The number of fused-ring (bicyclic) bond motifs is 1. The molecule has 1 heterocycles. The Morgan fingerprint density at radius 1 is 1.56 bits per heavy atom. The average Bonchev–Trinajstić information content (AvgIpc) is 2.27. The van der Waals surface area contributed by atoms with Gasteiger partial charge < -0.3 is 14.4 Å².